The molecule has 0 aromatic heterocycles. The van der Waals surface area contributed by atoms with E-state index in [2.05, 4.69) is 0 Å². The Labute approximate surface area is 155 Å². The summed E-state index contributed by atoms with van der Waals surface area (Å²) in [7, 11) is 0. The van der Waals surface area contributed by atoms with E-state index in [1.165, 1.54) is 6.42 Å². The van der Waals surface area contributed by atoms with Crippen molar-refractivity contribution in [3.8, 4) is 11.5 Å². The summed E-state index contributed by atoms with van der Waals surface area (Å²) < 4.78 is 17.2. The Morgan fingerprint density at radius 2 is 1.69 bits per heavy atom. The molecule has 1 aliphatic carbocycles. The summed E-state index contributed by atoms with van der Waals surface area (Å²) in [5, 5.41) is 0. The first-order chi connectivity index (χ1) is 12.7. The topological polar surface area (TPSA) is 44.8 Å². The Bertz CT molecular complexity index is 735. The van der Waals surface area contributed by atoms with Crippen LogP contribution in [0.3, 0.4) is 0 Å². The molecule has 0 saturated heterocycles. The van der Waals surface area contributed by atoms with Crippen LogP contribution in [0.25, 0.3) is 0 Å². The molecule has 2 aromatic rings. The van der Waals surface area contributed by atoms with Gasteiger partial charge in [-0.15, -0.1) is 0 Å². The summed E-state index contributed by atoms with van der Waals surface area (Å²) >= 11 is 0. The molecule has 0 bridgehead atoms. The molecule has 4 heteroatoms. The highest BCUT2D eigenvalue weighted by Crippen LogP contribution is 2.46. The van der Waals surface area contributed by atoms with Crippen LogP contribution in [0.2, 0.25) is 0 Å². The van der Waals surface area contributed by atoms with Gasteiger partial charge in [0.25, 0.3) is 0 Å². The van der Waals surface area contributed by atoms with E-state index >= 15 is 0 Å². The van der Waals surface area contributed by atoms with Gasteiger partial charge < -0.3 is 14.2 Å². The molecule has 1 aliphatic rings. The Morgan fingerprint density at radius 1 is 1.00 bits per heavy atom. The highest BCUT2D eigenvalue weighted by Gasteiger charge is 2.28. The van der Waals surface area contributed by atoms with Crippen molar-refractivity contribution in [1.82, 2.24) is 0 Å². The van der Waals surface area contributed by atoms with Gasteiger partial charge >= 0.3 is 5.97 Å². The SMILES string of the molecule is CCOC(=O)c1cc(OCC)c(C2CCC2)c(OCc2ccccc2)c1. The molecular formula is C22H26O4. The third-order valence-corrected chi connectivity index (χ3v) is 4.67. The molecule has 0 atom stereocenters. The van der Waals surface area contributed by atoms with E-state index in [0.717, 1.165) is 35.5 Å². The summed E-state index contributed by atoms with van der Waals surface area (Å²) in [5.74, 6) is 1.55. The first-order valence-corrected chi connectivity index (χ1v) is 9.37. The number of hydrogen-bond acceptors (Lipinski definition) is 4. The zero-order valence-electron chi connectivity index (χ0n) is 15.5. The van der Waals surface area contributed by atoms with Gasteiger partial charge in [0, 0.05) is 5.56 Å². The van der Waals surface area contributed by atoms with Crippen LogP contribution in [0.15, 0.2) is 42.5 Å². The number of rotatable bonds is 8. The van der Waals surface area contributed by atoms with Crippen LogP contribution in [0.4, 0.5) is 0 Å². The predicted molar refractivity (Wildman–Crippen MR) is 101 cm³/mol. The van der Waals surface area contributed by atoms with Crippen molar-refractivity contribution >= 4 is 5.97 Å². The Morgan fingerprint density at radius 3 is 2.27 bits per heavy atom. The minimum Gasteiger partial charge on any atom is -0.493 e. The van der Waals surface area contributed by atoms with Crippen LogP contribution in [-0.4, -0.2) is 19.2 Å². The van der Waals surface area contributed by atoms with Crippen molar-refractivity contribution in [3.05, 3.63) is 59.2 Å². The van der Waals surface area contributed by atoms with Gasteiger partial charge in [0.05, 0.1) is 18.8 Å². The van der Waals surface area contributed by atoms with E-state index in [9.17, 15) is 4.79 Å². The molecule has 0 radical (unpaired) electrons. The van der Waals surface area contributed by atoms with E-state index in [0.29, 0.717) is 31.3 Å². The second-order valence-electron chi connectivity index (χ2n) is 6.44. The lowest BCUT2D eigenvalue weighted by Crippen LogP contribution is -2.15. The minimum absolute atomic E-state index is 0.341. The van der Waals surface area contributed by atoms with Gasteiger partial charge in [-0.1, -0.05) is 36.8 Å². The first-order valence-electron chi connectivity index (χ1n) is 9.37. The molecule has 2 aromatic carbocycles. The van der Waals surface area contributed by atoms with Crippen LogP contribution in [0, 0.1) is 0 Å². The maximum atomic E-state index is 12.3. The average molecular weight is 354 g/mol. The third kappa shape index (κ3) is 4.18. The molecule has 0 amide bonds. The molecule has 26 heavy (non-hydrogen) atoms. The first kappa shape index (κ1) is 18.3. The number of carbonyl (C=O) groups is 1. The standard InChI is InChI=1S/C22H26O4/c1-3-24-19-13-18(22(23)25-4-2)14-20(21(19)17-11-8-12-17)26-15-16-9-6-5-7-10-16/h5-7,9-10,13-14,17H,3-4,8,11-12,15H2,1-2H3. The largest absolute Gasteiger partial charge is 0.493 e. The molecule has 1 saturated carbocycles. The van der Waals surface area contributed by atoms with Gasteiger partial charge in [0.15, 0.2) is 0 Å². The van der Waals surface area contributed by atoms with Crippen molar-refractivity contribution in [1.29, 1.82) is 0 Å². The van der Waals surface area contributed by atoms with Gasteiger partial charge in [-0.2, -0.15) is 0 Å². The Kier molecular flexibility index (Phi) is 6.16. The van der Waals surface area contributed by atoms with Crippen molar-refractivity contribution in [2.75, 3.05) is 13.2 Å². The number of ether oxygens (including phenoxy) is 3. The molecule has 0 unspecified atom stereocenters. The Balaban J connectivity index is 1.95. The summed E-state index contributed by atoms with van der Waals surface area (Å²) in [4.78, 5) is 12.3. The lowest BCUT2D eigenvalue weighted by Gasteiger charge is -2.30. The number of esters is 1. The molecule has 0 N–H and O–H groups in total. The fourth-order valence-corrected chi connectivity index (χ4v) is 3.16. The average Bonchev–Trinajstić information content (AvgIpc) is 2.61. The highest BCUT2D eigenvalue weighted by molar-refractivity contribution is 5.91. The van der Waals surface area contributed by atoms with Crippen LogP contribution in [-0.2, 0) is 11.3 Å². The molecule has 0 heterocycles. The molecular weight excluding hydrogens is 328 g/mol. The van der Waals surface area contributed by atoms with Crippen LogP contribution >= 0.6 is 0 Å². The fraction of sp³-hybridized carbons (Fsp3) is 0.409. The van der Waals surface area contributed by atoms with E-state index in [4.69, 9.17) is 14.2 Å². The maximum absolute atomic E-state index is 12.3. The van der Waals surface area contributed by atoms with Gasteiger partial charge in [0.2, 0.25) is 0 Å². The maximum Gasteiger partial charge on any atom is 0.338 e. The van der Waals surface area contributed by atoms with Gasteiger partial charge in [0.1, 0.15) is 18.1 Å². The lowest BCUT2D eigenvalue weighted by atomic mass is 9.79. The van der Waals surface area contributed by atoms with E-state index in [1.807, 2.05) is 37.3 Å². The molecule has 3 rings (SSSR count). The van der Waals surface area contributed by atoms with Gasteiger partial charge in [-0.3, -0.25) is 0 Å². The fourth-order valence-electron chi connectivity index (χ4n) is 3.16. The van der Waals surface area contributed by atoms with Crippen molar-refractivity contribution < 1.29 is 19.0 Å². The van der Waals surface area contributed by atoms with Gasteiger partial charge in [-0.05, 0) is 50.3 Å². The van der Waals surface area contributed by atoms with Gasteiger partial charge in [-0.25, -0.2) is 4.79 Å². The predicted octanol–water partition coefficient (Wildman–Crippen LogP) is 5.11. The molecule has 0 spiro atoms. The Hall–Kier alpha value is -2.49. The normalized spacial score (nSPS) is 13.8. The molecule has 1 fully saturated rings. The number of carbonyl (C=O) groups excluding carboxylic acids is 1. The zero-order valence-corrected chi connectivity index (χ0v) is 15.5. The molecule has 0 aliphatic heterocycles. The van der Waals surface area contributed by atoms with Crippen LogP contribution in [0.1, 0.15) is 60.5 Å². The minimum atomic E-state index is -0.349. The lowest BCUT2D eigenvalue weighted by molar-refractivity contribution is 0.0525. The highest BCUT2D eigenvalue weighted by atomic mass is 16.5. The van der Waals surface area contributed by atoms with E-state index < -0.39 is 0 Å². The second-order valence-corrected chi connectivity index (χ2v) is 6.44. The second kappa shape index (κ2) is 8.75. The summed E-state index contributed by atoms with van der Waals surface area (Å²) in [6.07, 6.45) is 3.47. The van der Waals surface area contributed by atoms with Crippen molar-refractivity contribution in [3.63, 3.8) is 0 Å². The quantitative estimate of drug-likeness (QED) is 0.618. The molecule has 138 valence electrons. The van der Waals surface area contributed by atoms with Crippen molar-refractivity contribution in [2.24, 2.45) is 0 Å². The van der Waals surface area contributed by atoms with Crippen LogP contribution in [0.5, 0.6) is 11.5 Å². The summed E-state index contributed by atoms with van der Waals surface area (Å²) in [5.41, 5.74) is 2.65. The monoisotopic (exact) mass is 354 g/mol. The smallest absolute Gasteiger partial charge is 0.338 e. The van der Waals surface area contributed by atoms with E-state index in [-0.39, 0.29) is 5.97 Å². The molecule has 4 nitrogen and oxygen atoms in total. The summed E-state index contributed by atoms with van der Waals surface area (Å²) in [6, 6.07) is 13.6. The van der Waals surface area contributed by atoms with Crippen molar-refractivity contribution in [2.45, 2.75) is 45.6 Å². The number of benzene rings is 2. The third-order valence-electron chi connectivity index (χ3n) is 4.67. The summed E-state index contributed by atoms with van der Waals surface area (Å²) in [6.45, 7) is 5.10. The van der Waals surface area contributed by atoms with E-state index in [1.54, 1.807) is 19.1 Å². The van der Waals surface area contributed by atoms with Crippen LogP contribution < -0.4 is 9.47 Å². The number of hydrogen-bond donors (Lipinski definition) is 0. The zero-order chi connectivity index (χ0) is 18.4.